The Kier molecular flexibility index (Phi) is 2.94. The third kappa shape index (κ3) is 2.43. The van der Waals surface area contributed by atoms with E-state index < -0.39 is 6.10 Å². The third-order valence-electron chi connectivity index (χ3n) is 1.52. The van der Waals surface area contributed by atoms with Crippen molar-refractivity contribution in [2.24, 2.45) is 0 Å². The van der Waals surface area contributed by atoms with Crippen LogP contribution in [0.3, 0.4) is 0 Å². The molecule has 0 aliphatic rings. The van der Waals surface area contributed by atoms with Crippen molar-refractivity contribution in [3.8, 4) is 0 Å². The standard InChI is InChI=1S/C9H9FO2/c10-8-3-1-7(2-4-8)5-9(12)6-11/h1-4,6,9,12H,5H2/t9-/m1/s1. The number of hydrogen-bond donors (Lipinski definition) is 1. The van der Waals surface area contributed by atoms with Crippen LogP contribution in [-0.2, 0) is 11.2 Å². The summed E-state index contributed by atoms with van der Waals surface area (Å²) in [5, 5.41) is 8.92. The van der Waals surface area contributed by atoms with Crippen LogP contribution in [0.1, 0.15) is 5.56 Å². The second kappa shape index (κ2) is 3.97. The van der Waals surface area contributed by atoms with Gasteiger partial charge in [0.05, 0.1) is 0 Å². The van der Waals surface area contributed by atoms with Crippen molar-refractivity contribution in [2.75, 3.05) is 0 Å². The number of aliphatic hydroxyl groups excluding tert-OH is 1. The molecule has 0 aliphatic carbocycles. The Morgan fingerprint density at radius 3 is 2.50 bits per heavy atom. The van der Waals surface area contributed by atoms with Gasteiger partial charge < -0.3 is 9.90 Å². The minimum absolute atomic E-state index is 0.240. The first kappa shape index (κ1) is 8.87. The topological polar surface area (TPSA) is 37.3 Å². The van der Waals surface area contributed by atoms with Gasteiger partial charge in [0, 0.05) is 6.42 Å². The molecule has 0 aliphatic heterocycles. The summed E-state index contributed by atoms with van der Waals surface area (Å²) in [5.74, 6) is -0.320. The van der Waals surface area contributed by atoms with E-state index in [-0.39, 0.29) is 12.2 Å². The van der Waals surface area contributed by atoms with E-state index in [1.54, 1.807) is 12.1 Å². The maximum Gasteiger partial charge on any atom is 0.148 e. The number of aliphatic hydroxyl groups is 1. The number of halogens is 1. The highest BCUT2D eigenvalue weighted by Crippen LogP contribution is 2.04. The quantitative estimate of drug-likeness (QED) is 0.681. The number of hydrogen-bond acceptors (Lipinski definition) is 2. The highest BCUT2D eigenvalue weighted by Gasteiger charge is 2.02. The van der Waals surface area contributed by atoms with Crippen LogP contribution < -0.4 is 0 Å². The molecule has 0 saturated carbocycles. The van der Waals surface area contributed by atoms with Crippen molar-refractivity contribution in [3.05, 3.63) is 35.6 Å². The van der Waals surface area contributed by atoms with Gasteiger partial charge in [-0.15, -0.1) is 0 Å². The maximum atomic E-state index is 12.4. The van der Waals surface area contributed by atoms with E-state index in [2.05, 4.69) is 0 Å². The smallest absolute Gasteiger partial charge is 0.148 e. The Morgan fingerprint density at radius 1 is 1.42 bits per heavy atom. The number of benzene rings is 1. The Labute approximate surface area is 69.6 Å². The average molecular weight is 168 g/mol. The first-order chi connectivity index (χ1) is 5.72. The molecule has 3 heteroatoms. The van der Waals surface area contributed by atoms with Crippen molar-refractivity contribution < 1.29 is 14.3 Å². The van der Waals surface area contributed by atoms with Gasteiger partial charge in [0.25, 0.3) is 0 Å². The summed E-state index contributed by atoms with van der Waals surface area (Å²) in [5.41, 5.74) is 0.746. The highest BCUT2D eigenvalue weighted by molar-refractivity contribution is 5.56. The summed E-state index contributed by atoms with van der Waals surface area (Å²) >= 11 is 0. The lowest BCUT2D eigenvalue weighted by atomic mass is 10.1. The second-order valence-electron chi connectivity index (χ2n) is 2.53. The minimum Gasteiger partial charge on any atom is -0.385 e. The molecular formula is C9H9FO2. The van der Waals surface area contributed by atoms with Gasteiger partial charge in [-0.3, -0.25) is 0 Å². The summed E-state index contributed by atoms with van der Waals surface area (Å²) < 4.78 is 12.4. The predicted octanol–water partition coefficient (Wildman–Crippen LogP) is 0.928. The number of rotatable bonds is 3. The van der Waals surface area contributed by atoms with Crippen LogP contribution in [0, 0.1) is 5.82 Å². The molecule has 0 saturated heterocycles. The summed E-state index contributed by atoms with van der Waals surface area (Å²) in [7, 11) is 0. The average Bonchev–Trinajstić information content (AvgIpc) is 2.09. The van der Waals surface area contributed by atoms with E-state index in [1.807, 2.05) is 0 Å². The molecule has 0 unspecified atom stereocenters. The summed E-state index contributed by atoms with van der Waals surface area (Å²) in [6.07, 6.45) is -0.289. The molecule has 12 heavy (non-hydrogen) atoms. The Morgan fingerprint density at radius 2 is 2.00 bits per heavy atom. The Balaban J connectivity index is 2.64. The van der Waals surface area contributed by atoms with Crippen molar-refractivity contribution in [1.82, 2.24) is 0 Å². The maximum absolute atomic E-state index is 12.4. The molecule has 0 bridgehead atoms. The lowest BCUT2D eigenvalue weighted by Crippen LogP contribution is -2.11. The molecule has 0 radical (unpaired) electrons. The summed E-state index contributed by atoms with van der Waals surface area (Å²) in [6, 6.07) is 5.68. The number of aldehydes is 1. The fourth-order valence-corrected chi connectivity index (χ4v) is 0.910. The fraction of sp³-hybridized carbons (Fsp3) is 0.222. The van der Waals surface area contributed by atoms with Crippen molar-refractivity contribution in [2.45, 2.75) is 12.5 Å². The van der Waals surface area contributed by atoms with E-state index >= 15 is 0 Å². The van der Waals surface area contributed by atoms with E-state index in [4.69, 9.17) is 5.11 Å². The molecule has 1 aromatic carbocycles. The van der Waals surface area contributed by atoms with E-state index in [9.17, 15) is 9.18 Å². The van der Waals surface area contributed by atoms with Gasteiger partial charge in [-0.2, -0.15) is 0 Å². The number of carbonyl (C=O) groups is 1. The molecule has 1 atom stereocenters. The van der Waals surface area contributed by atoms with E-state index in [0.29, 0.717) is 6.29 Å². The van der Waals surface area contributed by atoms with Gasteiger partial charge >= 0.3 is 0 Å². The van der Waals surface area contributed by atoms with Crippen molar-refractivity contribution in [1.29, 1.82) is 0 Å². The van der Waals surface area contributed by atoms with Gasteiger partial charge in [0.2, 0.25) is 0 Å². The van der Waals surface area contributed by atoms with E-state index in [0.717, 1.165) is 5.56 Å². The van der Waals surface area contributed by atoms with Gasteiger partial charge in [-0.05, 0) is 17.7 Å². The lowest BCUT2D eigenvalue weighted by molar-refractivity contribution is -0.114. The van der Waals surface area contributed by atoms with Crippen LogP contribution in [0.15, 0.2) is 24.3 Å². The minimum atomic E-state index is -0.990. The molecule has 0 spiro atoms. The van der Waals surface area contributed by atoms with Crippen LogP contribution in [0.2, 0.25) is 0 Å². The zero-order valence-corrected chi connectivity index (χ0v) is 6.40. The monoisotopic (exact) mass is 168 g/mol. The fourth-order valence-electron chi connectivity index (χ4n) is 0.910. The van der Waals surface area contributed by atoms with Gasteiger partial charge in [-0.25, -0.2) is 4.39 Å². The normalized spacial score (nSPS) is 12.5. The number of carbonyl (C=O) groups excluding carboxylic acids is 1. The SMILES string of the molecule is O=C[C@H](O)Cc1ccc(F)cc1. The van der Waals surface area contributed by atoms with Crippen LogP contribution in [0.25, 0.3) is 0 Å². The van der Waals surface area contributed by atoms with Crippen molar-refractivity contribution in [3.63, 3.8) is 0 Å². The zero-order valence-electron chi connectivity index (χ0n) is 6.40. The van der Waals surface area contributed by atoms with Gasteiger partial charge in [0.1, 0.15) is 18.2 Å². The largest absolute Gasteiger partial charge is 0.385 e. The first-order valence-electron chi connectivity index (χ1n) is 3.60. The molecule has 1 aromatic rings. The Hall–Kier alpha value is -1.22. The highest BCUT2D eigenvalue weighted by atomic mass is 19.1. The van der Waals surface area contributed by atoms with Crippen LogP contribution in [-0.4, -0.2) is 17.5 Å². The summed E-state index contributed by atoms with van der Waals surface area (Å²) in [4.78, 5) is 10.1. The molecule has 0 amide bonds. The molecule has 0 fully saturated rings. The van der Waals surface area contributed by atoms with Gasteiger partial charge in [0.15, 0.2) is 0 Å². The molecule has 2 nitrogen and oxygen atoms in total. The molecular weight excluding hydrogens is 159 g/mol. The van der Waals surface area contributed by atoms with Crippen LogP contribution in [0.5, 0.6) is 0 Å². The lowest BCUT2D eigenvalue weighted by Gasteiger charge is -2.01. The Bertz CT molecular complexity index is 256. The molecule has 64 valence electrons. The zero-order chi connectivity index (χ0) is 8.97. The predicted molar refractivity (Wildman–Crippen MR) is 42.2 cm³/mol. The molecule has 0 aromatic heterocycles. The first-order valence-corrected chi connectivity index (χ1v) is 3.60. The van der Waals surface area contributed by atoms with Crippen LogP contribution in [0.4, 0.5) is 4.39 Å². The van der Waals surface area contributed by atoms with Crippen molar-refractivity contribution >= 4 is 6.29 Å². The molecule has 0 heterocycles. The van der Waals surface area contributed by atoms with Crippen LogP contribution >= 0.6 is 0 Å². The molecule has 1 N–H and O–H groups in total. The summed E-state index contributed by atoms with van der Waals surface area (Å²) in [6.45, 7) is 0. The van der Waals surface area contributed by atoms with Gasteiger partial charge in [-0.1, -0.05) is 12.1 Å². The van der Waals surface area contributed by atoms with E-state index in [1.165, 1.54) is 12.1 Å². The third-order valence-corrected chi connectivity index (χ3v) is 1.52. The molecule has 1 rings (SSSR count). The second-order valence-corrected chi connectivity index (χ2v) is 2.53.